The molecule has 0 saturated carbocycles. The van der Waals surface area contributed by atoms with Gasteiger partial charge in [0.1, 0.15) is 5.75 Å². The zero-order valence-electron chi connectivity index (χ0n) is 20.8. The number of aromatic nitrogens is 2. The first-order valence-corrected chi connectivity index (χ1v) is 11.8. The number of benzene rings is 2. The molecule has 0 radical (unpaired) electrons. The second-order valence-electron chi connectivity index (χ2n) is 9.86. The maximum Gasteiger partial charge on any atom is 0.332 e. The second kappa shape index (κ2) is 9.54. The van der Waals surface area contributed by atoms with E-state index in [9.17, 15) is 14.4 Å². The third-order valence-electron chi connectivity index (χ3n) is 6.43. The molecule has 0 aliphatic heterocycles. The minimum absolute atomic E-state index is 0.0381. The van der Waals surface area contributed by atoms with E-state index in [4.69, 9.17) is 4.74 Å². The van der Waals surface area contributed by atoms with Gasteiger partial charge in [-0.05, 0) is 47.1 Å². The van der Waals surface area contributed by atoms with E-state index in [0.717, 1.165) is 40.8 Å². The van der Waals surface area contributed by atoms with Crippen LogP contribution in [0.15, 0.2) is 52.2 Å². The monoisotopic (exact) mass is 476 g/mol. The molecular formula is C27H32N4O4. The molecule has 0 bridgehead atoms. The van der Waals surface area contributed by atoms with Gasteiger partial charge >= 0.3 is 5.69 Å². The van der Waals surface area contributed by atoms with Crippen LogP contribution >= 0.6 is 0 Å². The van der Waals surface area contributed by atoms with E-state index in [-0.39, 0.29) is 17.4 Å². The van der Waals surface area contributed by atoms with E-state index in [1.807, 2.05) is 25.1 Å². The standard InChI is InChI=1S/C27H32N4O4/c1-6-23(32)30-29-22-10-8-16-13-17(7-9-19(16)22)20-14-18(31-12-11-24(33)28-26(31)34)15-21(25(20)35-5)27(2,3)4/h7,9,11-15,22,29H,6,8,10H2,1-5H3,(H,30,32)(H,28,33,34). The predicted molar refractivity (Wildman–Crippen MR) is 136 cm³/mol. The largest absolute Gasteiger partial charge is 0.496 e. The lowest BCUT2D eigenvalue weighted by Gasteiger charge is -2.26. The van der Waals surface area contributed by atoms with Gasteiger partial charge in [-0.15, -0.1) is 0 Å². The molecule has 1 aromatic heterocycles. The molecule has 0 fully saturated rings. The summed E-state index contributed by atoms with van der Waals surface area (Å²) < 4.78 is 7.34. The van der Waals surface area contributed by atoms with Crippen LogP contribution in [0.4, 0.5) is 0 Å². The van der Waals surface area contributed by atoms with E-state index in [0.29, 0.717) is 12.1 Å². The van der Waals surface area contributed by atoms with E-state index in [1.54, 1.807) is 7.11 Å². The van der Waals surface area contributed by atoms with E-state index >= 15 is 0 Å². The Bertz CT molecular complexity index is 1380. The summed E-state index contributed by atoms with van der Waals surface area (Å²) in [5.74, 6) is 0.713. The fraction of sp³-hybridized carbons (Fsp3) is 0.370. The molecule has 4 rings (SSSR count). The number of aromatic amines is 1. The van der Waals surface area contributed by atoms with Gasteiger partial charge in [-0.25, -0.2) is 10.2 Å². The van der Waals surface area contributed by atoms with Crippen molar-refractivity contribution in [1.82, 2.24) is 20.4 Å². The highest BCUT2D eigenvalue weighted by Gasteiger charge is 2.26. The molecule has 1 aliphatic carbocycles. The third kappa shape index (κ3) is 4.93. The van der Waals surface area contributed by atoms with Crippen LogP contribution in [-0.2, 0) is 16.6 Å². The fourth-order valence-corrected chi connectivity index (χ4v) is 4.56. The van der Waals surface area contributed by atoms with Gasteiger partial charge < -0.3 is 4.74 Å². The predicted octanol–water partition coefficient (Wildman–Crippen LogP) is 3.52. The Balaban J connectivity index is 1.83. The average Bonchev–Trinajstić information content (AvgIpc) is 3.23. The molecule has 35 heavy (non-hydrogen) atoms. The number of hydrogen-bond donors (Lipinski definition) is 3. The quantitative estimate of drug-likeness (QED) is 0.472. The summed E-state index contributed by atoms with van der Waals surface area (Å²) in [6.45, 7) is 8.10. The Morgan fingerprint density at radius 2 is 1.94 bits per heavy atom. The Morgan fingerprint density at radius 3 is 2.60 bits per heavy atom. The van der Waals surface area contributed by atoms with Crippen LogP contribution in [0.2, 0.25) is 0 Å². The highest BCUT2D eigenvalue weighted by atomic mass is 16.5. The van der Waals surface area contributed by atoms with Crippen molar-refractivity contribution in [1.29, 1.82) is 0 Å². The minimum atomic E-state index is -0.495. The van der Waals surface area contributed by atoms with Gasteiger partial charge in [-0.3, -0.25) is 24.6 Å². The average molecular weight is 477 g/mol. The molecule has 3 N–H and O–H groups in total. The molecule has 8 nitrogen and oxygen atoms in total. The summed E-state index contributed by atoms with van der Waals surface area (Å²) in [7, 11) is 1.66. The molecule has 8 heteroatoms. The van der Waals surface area contributed by atoms with Crippen LogP contribution in [0.5, 0.6) is 5.75 Å². The topological polar surface area (TPSA) is 105 Å². The number of carbonyl (C=O) groups is 1. The molecule has 1 amide bonds. The number of ether oxygens (including phenoxy) is 1. The van der Waals surface area contributed by atoms with Crippen molar-refractivity contribution >= 4 is 5.91 Å². The number of H-pyrrole nitrogens is 1. The number of nitrogens with one attached hydrogen (secondary N) is 3. The number of carbonyl (C=O) groups excluding carboxylic acids is 1. The maximum absolute atomic E-state index is 12.6. The summed E-state index contributed by atoms with van der Waals surface area (Å²) >= 11 is 0. The normalized spacial score (nSPS) is 15.1. The number of rotatable bonds is 6. The molecule has 3 aromatic rings. The maximum atomic E-state index is 12.6. The first-order valence-electron chi connectivity index (χ1n) is 11.8. The van der Waals surface area contributed by atoms with Gasteiger partial charge in [0.2, 0.25) is 5.91 Å². The van der Waals surface area contributed by atoms with Crippen LogP contribution < -0.4 is 26.8 Å². The molecule has 184 valence electrons. The van der Waals surface area contributed by atoms with Gasteiger partial charge in [0.15, 0.2) is 0 Å². The number of aryl methyl sites for hydroxylation is 1. The van der Waals surface area contributed by atoms with Crippen molar-refractivity contribution in [3.63, 3.8) is 0 Å². The van der Waals surface area contributed by atoms with Crippen LogP contribution in [0.25, 0.3) is 16.8 Å². The zero-order valence-corrected chi connectivity index (χ0v) is 20.8. The lowest BCUT2D eigenvalue weighted by atomic mass is 9.83. The van der Waals surface area contributed by atoms with Crippen molar-refractivity contribution in [3.05, 3.63) is 80.1 Å². The van der Waals surface area contributed by atoms with Crippen LogP contribution in [0, 0.1) is 0 Å². The second-order valence-corrected chi connectivity index (χ2v) is 9.86. The van der Waals surface area contributed by atoms with E-state index in [2.05, 4.69) is 48.7 Å². The molecule has 1 atom stereocenters. The lowest BCUT2D eigenvalue weighted by Crippen LogP contribution is -2.38. The summed E-state index contributed by atoms with van der Waals surface area (Å²) in [6, 6.07) is 11.5. The Kier molecular flexibility index (Phi) is 6.67. The summed E-state index contributed by atoms with van der Waals surface area (Å²) in [6.07, 6.45) is 3.69. The first-order chi connectivity index (χ1) is 16.6. The van der Waals surface area contributed by atoms with Crippen molar-refractivity contribution in [2.75, 3.05) is 7.11 Å². The highest BCUT2D eigenvalue weighted by molar-refractivity contribution is 5.77. The molecular weight excluding hydrogens is 444 g/mol. The van der Waals surface area contributed by atoms with Crippen molar-refractivity contribution in [3.8, 4) is 22.6 Å². The smallest absolute Gasteiger partial charge is 0.332 e. The molecule has 1 unspecified atom stereocenters. The highest BCUT2D eigenvalue weighted by Crippen LogP contribution is 2.42. The zero-order chi connectivity index (χ0) is 25.3. The molecule has 0 spiro atoms. The Labute approximate surface area is 204 Å². The van der Waals surface area contributed by atoms with Crippen molar-refractivity contribution in [2.45, 2.75) is 58.4 Å². The van der Waals surface area contributed by atoms with Gasteiger partial charge in [0.05, 0.1) is 18.8 Å². The third-order valence-corrected chi connectivity index (χ3v) is 6.43. The van der Waals surface area contributed by atoms with Gasteiger partial charge in [-0.1, -0.05) is 45.9 Å². The van der Waals surface area contributed by atoms with Gasteiger partial charge in [0.25, 0.3) is 5.56 Å². The number of amides is 1. The fourth-order valence-electron chi connectivity index (χ4n) is 4.56. The number of fused-ring (bicyclic) bond motifs is 1. The number of methoxy groups -OCH3 is 1. The van der Waals surface area contributed by atoms with Crippen molar-refractivity contribution < 1.29 is 9.53 Å². The minimum Gasteiger partial charge on any atom is -0.496 e. The van der Waals surface area contributed by atoms with Crippen LogP contribution in [-0.4, -0.2) is 22.6 Å². The Hall–Kier alpha value is -3.65. The molecule has 2 aromatic carbocycles. The first kappa shape index (κ1) is 24.5. The summed E-state index contributed by atoms with van der Waals surface area (Å²) in [5.41, 5.74) is 10.5. The van der Waals surface area contributed by atoms with Crippen molar-refractivity contribution in [2.24, 2.45) is 0 Å². The summed E-state index contributed by atoms with van der Waals surface area (Å²) in [5, 5.41) is 0. The SMILES string of the molecule is CCC(=O)NNC1CCc2cc(-c3cc(-n4ccc(=O)[nH]c4=O)cc(C(C)(C)C)c3OC)ccc21. The van der Waals surface area contributed by atoms with E-state index < -0.39 is 11.2 Å². The Morgan fingerprint density at radius 1 is 1.17 bits per heavy atom. The number of hydrogen-bond acceptors (Lipinski definition) is 5. The van der Waals surface area contributed by atoms with Crippen LogP contribution in [0.1, 0.15) is 63.3 Å². The van der Waals surface area contributed by atoms with Crippen LogP contribution in [0.3, 0.4) is 0 Å². The number of nitrogens with zero attached hydrogens (tertiary/aromatic N) is 1. The van der Waals surface area contributed by atoms with Gasteiger partial charge in [-0.2, -0.15) is 0 Å². The molecule has 1 aliphatic rings. The van der Waals surface area contributed by atoms with E-state index in [1.165, 1.54) is 22.4 Å². The molecule has 1 heterocycles. The summed E-state index contributed by atoms with van der Waals surface area (Å²) in [4.78, 5) is 38.2. The van der Waals surface area contributed by atoms with Gasteiger partial charge in [0, 0.05) is 29.8 Å². The molecule has 0 saturated heterocycles. The number of hydrazine groups is 1. The lowest BCUT2D eigenvalue weighted by molar-refractivity contribution is -0.122.